The molecule has 0 spiro atoms. The number of rotatable bonds is 8. The molecule has 0 aromatic heterocycles. The lowest BCUT2D eigenvalue weighted by atomic mass is 10.1. The number of halogens is 1. The van der Waals surface area contributed by atoms with E-state index in [2.05, 4.69) is 26.6 Å². The van der Waals surface area contributed by atoms with Gasteiger partial charge in [0.2, 0.25) is 5.91 Å². The van der Waals surface area contributed by atoms with E-state index < -0.39 is 0 Å². The van der Waals surface area contributed by atoms with E-state index in [4.69, 9.17) is 4.74 Å². The molecule has 3 aromatic rings. The molecule has 2 amide bonds. The fraction of sp³-hybridized carbons (Fsp3) is 0.167. The first-order chi connectivity index (χ1) is 15.0. The van der Waals surface area contributed by atoms with Gasteiger partial charge < -0.3 is 15.4 Å². The van der Waals surface area contributed by atoms with Gasteiger partial charge in [0, 0.05) is 21.1 Å². The molecule has 0 bridgehead atoms. The van der Waals surface area contributed by atoms with Gasteiger partial charge in [-0.15, -0.1) is 11.8 Å². The van der Waals surface area contributed by atoms with Crippen molar-refractivity contribution in [3.8, 4) is 5.75 Å². The fourth-order valence-electron chi connectivity index (χ4n) is 3.00. The van der Waals surface area contributed by atoms with Gasteiger partial charge in [-0.2, -0.15) is 0 Å². The van der Waals surface area contributed by atoms with Gasteiger partial charge in [-0.1, -0.05) is 52.3 Å². The maximum absolute atomic E-state index is 12.9. The van der Waals surface area contributed by atoms with Crippen LogP contribution in [0.1, 0.15) is 28.9 Å². The van der Waals surface area contributed by atoms with Crippen molar-refractivity contribution in [3.05, 3.63) is 88.4 Å². The summed E-state index contributed by atoms with van der Waals surface area (Å²) in [5, 5.41) is 5.89. The monoisotopic (exact) mass is 498 g/mol. The summed E-state index contributed by atoms with van der Waals surface area (Å²) in [5.41, 5.74) is 2.21. The summed E-state index contributed by atoms with van der Waals surface area (Å²) in [5.74, 6) is 0.516. The Hall–Kier alpha value is -2.77. The first-order valence-corrected chi connectivity index (χ1v) is 11.5. The number of methoxy groups -OCH3 is 1. The number of anilines is 1. The minimum atomic E-state index is -0.181. The molecule has 3 rings (SSSR count). The van der Waals surface area contributed by atoms with Gasteiger partial charge >= 0.3 is 0 Å². The molecule has 0 saturated heterocycles. The van der Waals surface area contributed by atoms with E-state index in [1.807, 2.05) is 61.5 Å². The van der Waals surface area contributed by atoms with E-state index in [1.165, 1.54) is 11.8 Å². The maximum atomic E-state index is 12.9. The largest absolute Gasteiger partial charge is 0.497 e. The van der Waals surface area contributed by atoms with Crippen LogP contribution in [-0.2, 0) is 4.79 Å². The van der Waals surface area contributed by atoms with Gasteiger partial charge in [0.25, 0.3) is 5.91 Å². The predicted molar refractivity (Wildman–Crippen MR) is 129 cm³/mol. The number of benzene rings is 3. The van der Waals surface area contributed by atoms with Crippen LogP contribution in [0.4, 0.5) is 5.69 Å². The van der Waals surface area contributed by atoms with E-state index in [9.17, 15) is 9.59 Å². The maximum Gasteiger partial charge on any atom is 0.252 e. The molecule has 0 aliphatic heterocycles. The van der Waals surface area contributed by atoms with Crippen LogP contribution in [0, 0.1) is 0 Å². The lowest BCUT2D eigenvalue weighted by Crippen LogP contribution is -2.27. The fourth-order valence-corrected chi connectivity index (χ4v) is 4.48. The van der Waals surface area contributed by atoms with Gasteiger partial charge in [-0.25, -0.2) is 0 Å². The number of carbonyl (C=O) groups is 2. The highest BCUT2D eigenvalue weighted by Crippen LogP contribution is 2.26. The summed E-state index contributed by atoms with van der Waals surface area (Å²) in [6, 6.07) is 22.1. The van der Waals surface area contributed by atoms with Gasteiger partial charge in [-0.3, -0.25) is 9.59 Å². The van der Waals surface area contributed by atoms with Gasteiger partial charge in [-0.05, 0) is 42.8 Å². The smallest absolute Gasteiger partial charge is 0.252 e. The third-order valence-corrected chi connectivity index (χ3v) is 6.36. The molecule has 0 fully saturated rings. The first kappa shape index (κ1) is 22.9. The van der Waals surface area contributed by atoms with Crippen molar-refractivity contribution >= 4 is 45.2 Å². The van der Waals surface area contributed by atoms with Crippen molar-refractivity contribution in [2.75, 3.05) is 18.2 Å². The Morgan fingerprint density at radius 3 is 2.55 bits per heavy atom. The number of thioether (sulfide) groups is 1. The van der Waals surface area contributed by atoms with Crippen molar-refractivity contribution in [2.45, 2.75) is 17.9 Å². The molecule has 160 valence electrons. The van der Waals surface area contributed by atoms with Crippen molar-refractivity contribution in [1.82, 2.24) is 5.32 Å². The van der Waals surface area contributed by atoms with E-state index in [-0.39, 0.29) is 23.6 Å². The van der Waals surface area contributed by atoms with Crippen LogP contribution in [0.2, 0.25) is 0 Å². The number of carbonyl (C=O) groups excluding carboxylic acids is 2. The van der Waals surface area contributed by atoms with Gasteiger partial charge in [0.15, 0.2) is 0 Å². The van der Waals surface area contributed by atoms with Crippen LogP contribution in [0.25, 0.3) is 0 Å². The van der Waals surface area contributed by atoms with Crippen LogP contribution < -0.4 is 15.4 Å². The number of hydrogen-bond acceptors (Lipinski definition) is 4. The van der Waals surface area contributed by atoms with E-state index in [0.29, 0.717) is 17.0 Å². The summed E-state index contributed by atoms with van der Waals surface area (Å²) < 4.78 is 6.12. The zero-order valence-corrected chi connectivity index (χ0v) is 19.6. The Bertz CT molecular complexity index is 1070. The molecule has 0 aliphatic carbocycles. The second-order valence-electron chi connectivity index (χ2n) is 6.78. The predicted octanol–water partition coefficient (Wildman–Crippen LogP) is 5.68. The molecule has 1 atom stereocenters. The number of amides is 2. The zero-order valence-electron chi connectivity index (χ0n) is 17.2. The third kappa shape index (κ3) is 6.35. The summed E-state index contributed by atoms with van der Waals surface area (Å²) in [7, 11) is 1.58. The SMILES string of the molecule is COc1cccc(NC(=O)CSc2ccccc2C(=O)NC(C)c2ccccc2Br)c1. The molecule has 0 aliphatic rings. The summed E-state index contributed by atoms with van der Waals surface area (Å²) in [6.07, 6.45) is 0. The Morgan fingerprint density at radius 1 is 1.03 bits per heavy atom. The zero-order chi connectivity index (χ0) is 22.2. The first-order valence-electron chi connectivity index (χ1n) is 9.69. The highest BCUT2D eigenvalue weighted by atomic mass is 79.9. The Balaban J connectivity index is 1.63. The second-order valence-corrected chi connectivity index (χ2v) is 8.65. The minimum absolute atomic E-state index is 0.157. The molecule has 5 nitrogen and oxygen atoms in total. The van der Waals surface area contributed by atoms with E-state index in [0.717, 1.165) is 14.9 Å². The van der Waals surface area contributed by atoms with Gasteiger partial charge in [0.05, 0.1) is 24.5 Å². The van der Waals surface area contributed by atoms with Crippen LogP contribution >= 0.6 is 27.7 Å². The summed E-state index contributed by atoms with van der Waals surface area (Å²) in [4.78, 5) is 26.1. The molecule has 2 N–H and O–H groups in total. The molecular formula is C24H23BrN2O3S. The van der Waals surface area contributed by atoms with Gasteiger partial charge in [0.1, 0.15) is 5.75 Å². The van der Waals surface area contributed by atoms with Crippen LogP contribution in [0.5, 0.6) is 5.75 Å². The number of hydrogen-bond donors (Lipinski definition) is 2. The van der Waals surface area contributed by atoms with Crippen molar-refractivity contribution in [2.24, 2.45) is 0 Å². The molecule has 1 unspecified atom stereocenters. The van der Waals surface area contributed by atoms with E-state index >= 15 is 0 Å². The Morgan fingerprint density at radius 2 is 1.77 bits per heavy atom. The second kappa shape index (κ2) is 11.0. The number of nitrogens with one attached hydrogen (secondary N) is 2. The van der Waals surface area contributed by atoms with E-state index in [1.54, 1.807) is 25.3 Å². The molecule has 0 radical (unpaired) electrons. The standard InChI is InChI=1S/C24H23BrN2O3S/c1-16(19-10-3-5-12-21(19)25)26-24(29)20-11-4-6-13-22(20)31-15-23(28)27-17-8-7-9-18(14-17)30-2/h3-14,16H,15H2,1-2H3,(H,26,29)(H,27,28). The molecule has 3 aromatic carbocycles. The highest BCUT2D eigenvalue weighted by molar-refractivity contribution is 9.10. The van der Waals surface area contributed by atoms with Crippen LogP contribution in [0.3, 0.4) is 0 Å². The lowest BCUT2D eigenvalue weighted by Gasteiger charge is -2.17. The van der Waals surface area contributed by atoms with Crippen molar-refractivity contribution in [1.29, 1.82) is 0 Å². The molecule has 0 saturated carbocycles. The average Bonchev–Trinajstić information content (AvgIpc) is 2.78. The summed E-state index contributed by atoms with van der Waals surface area (Å²) in [6.45, 7) is 1.94. The minimum Gasteiger partial charge on any atom is -0.497 e. The van der Waals surface area contributed by atoms with Crippen LogP contribution in [0.15, 0.2) is 82.2 Å². The molecule has 0 heterocycles. The highest BCUT2D eigenvalue weighted by Gasteiger charge is 2.17. The quantitative estimate of drug-likeness (QED) is 0.392. The Labute approximate surface area is 194 Å². The summed E-state index contributed by atoms with van der Waals surface area (Å²) >= 11 is 4.85. The third-order valence-electron chi connectivity index (χ3n) is 4.56. The average molecular weight is 499 g/mol. The van der Waals surface area contributed by atoms with Crippen LogP contribution in [-0.4, -0.2) is 24.7 Å². The van der Waals surface area contributed by atoms with Crippen molar-refractivity contribution < 1.29 is 14.3 Å². The topological polar surface area (TPSA) is 67.4 Å². The normalized spacial score (nSPS) is 11.5. The molecule has 31 heavy (non-hydrogen) atoms. The molecule has 7 heteroatoms. The van der Waals surface area contributed by atoms with Crippen molar-refractivity contribution in [3.63, 3.8) is 0 Å². The lowest BCUT2D eigenvalue weighted by molar-refractivity contribution is -0.113. The molecular weight excluding hydrogens is 476 g/mol. The Kier molecular flexibility index (Phi) is 8.14. The number of ether oxygens (including phenoxy) is 1.